The highest BCUT2D eigenvalue weighted by atomic mass is 16.3. The molecule has 0 aliphatic heterocycles. The number of aromatic nitrogens is 1. The van der Waals surface area contributed by atoms with Crippen molar-refractivity contribution < 1.29 is 14.0 Å². The van der Waals surface area contributed by atoms with E-state index in [0.29, 0.717) is 11.1 Å². The number of pyridine rings is 1. The number of carbonyl (C=O) groups is 2. The molecule has 5 rings (SSSR count). The molecule has 150 valence electrons. The van der Waals surface area contributed by atoms with Crippen LogP contribution in [0.2, 0.25) is 0 Å². The van der Waals surface area contributed by atoms with E-state index in [2.05, 4.69) is 15.5 Å². The number of primary amides is 1. The van der Waals surface area contributed by atoms with Crippen LogP contribution in [-0.2, 0) is 0 Å². The van der Waals surface area contributed by atoms with Gasteiger partial charge in [-0.1, -0.05) is 54.6 Å². The van der Waals surface area contributed by atoms with E-state index in [1.807, 2.05) is 54.6 Å². The number of para-hydroxylation sites is 1. The third kappa shape index (κ3) is 3.38. The number of benzene rings is 3. The van der Waals surface area contributed by atoms with Crippen LogP contribution in [0.5, 0.6) is 0 Å². The smallest absolute Gasteiger partial charge is 0.290 e. The van der Waals surface area contributed by atoms with Gasteiger partial charge in [0.2, 0.25) is 5.55 Å². The molecule has 3 N–H and O–H groups in total. The first-order chi connectivity index (χ1) is 15.1. The fourth-order valence-corrected chi connectivity index (χ4v) is 3.49. The van der Waals surface area contributed by atoms with Crippen LogP contribution in [-0.4, -0.2) is 16.8 Å². The van der Waals surface area contributed by atoms with E-state index in [1.165, 1.54) is 0 Å². The van der Waals surface area contributed by atoms with Crippen LogP contribution in [0.25, 0.3) is 32.6 Å². The van der Waals surface area contributed by atoms with Gasteiger partial charge in [0.1, 0.15) is 16.8 Å². The molecule has 2 amide bonds. The topological polar surface area (TPSA) is 111 Å². The van der Waals surface area contributed by atoms with E-state index in [0.717, 1.165) is 21.5 Å². The Kier molecular flexibility index (Phi) is 4.41. The lowest BCUT2D eigenvalue weighted by Gasteiger charge is -2.06. The third-order valence-corrected chi connectivity index (χ3v) is 5.01. The van der Waals surface area contributed by atoms with Crippen LogP contribution in [0.15, 0.2) is 88.4 Å². The van der Waals surface area contributed by atoms with Crippen molar-refractivity contribution in [2.45, 2.75) is 0 Å². The normalized spacial score (nSPS) is 11.8. The van der Waals surface area contributed by atoms with Gasteiger partial charge in [-0.05, 0) is 35.0 Å². The van der Waals surface area contributed by atoms with Gasteiger partial charge in [0, 0.05) is 10.8 Å². The first-order valence-corrected chi connectivity index (χ1v) is 9.55. The molecule has 0 aliphatic rings. The number of fused-ring (bicyclic) bond motifs is 4. The maximum Gasteiger partial charge on any atom is 0.290 e. The maximum absolute atomic E-state index is 12.6. The summed E-state index contributed by atoms with van der Waals surface area (Å²) in [5.41, 5.74) is 9.32. The van der Waals surface area contributed by atoms with Crippen LogP contribution in [0, 0.1) is 0 Å². The first-order valence-electron chi connectivity index (χ1n) is 9.55. The van der Waals surface area contributed by atoms with E-state index in [1.54, 1.807) is 24.3 Å². The zero-order chi connectivity index (χ0) is 21.4. The summed E-state index contributed by atoms with van der Waals surface area (Å²) < 4.78 is 5.82. The maximum atomic E-state index is 12.6. The molecule has 0 spiro atoms. The van der Waals surface area contributed by atoms with Gasteiger partial charge in [0.05, 0.1) is 5.52 Å². The predicted molar refractivity (Wildman–Crippen MR) is 117 cm³/mol. The lowest BCUT2D eigenvalue weighted by molar-refractivity contribution is 0.0942. The number of rotatable bonds is 3. The fraction of sp³-hybridized carbons (Fsp3) is 0. The van der Waals surface area contributed by atoms with Crippen molar-refractivity contribution in [3.05, 3.63) is 95.7 Å². The van der Waals surface area contributed by atoms with Crippen molar-refractivity contribution in [3.8, 4) is 0 Å². The molecule has 3 aromatic carbocycles. The largest absolute Gasteiger partial charge is 0.436 e. The van der Waals surface area contributed by atoms with Crippen LogP contribution < -0.4 is 16.7 Å². The number of amides is 2. The minimum absolute atomic E-state index is 0.0654. The molecule has 0 aliphatic carbocycles. The van der Waals surface area contributed by atoms with Crippen molar-refractivity contribution in [2.24, 2.45) is 10.8 Å². The lowest BCUT2D eigenvalue weighted by atomic mass is 10.0. The molecule has 7 heteroatoms. The Balaban J connectivity index is 1.57. The number of nitrogens with zero attached hydrogens (tertiary/aromatic N) is 2. The Morgan fingerprint density at radius 1 is 0.871 bits per heavy atom. The highest BCUT2D eigenvalue weighted by molar-refractivity contribution is 6.07. The molecule has 2 heterocycles. The van der Waals surface area contributed by atoms with Gasteiger partial charge in [-0.25, -0.2) is 10.4 Å². The summed E-state index contributed by atoms with van der Waals surface area (Å²) in [5.74, 6) is -1.25. The molecule has 0 atom stereocenters. The van der Waals surface area contributed by atoms with Gasteiger partial charge in [-0.3, -0.25) is 9.59 Å². The Bertz CT molecular complexity index is 1570. The fourth-order valence-electron chi connectivity index (χ4n) is 3.49. The van der Waals surface area contributed by atoms with Crippen molar-refractivity contribution in [1.29, 1.82) is 0 Å². The van der Waals surface area contributed by atoms with Gasteiger partial charge in [0.25, 0.3) is 11.8 Å². The zero-order valence-corrected chi connectivity index (χ0v) is 16.2. The predicted octanol–water partition coefficient (Wildman–Crippen LogP) is 3.48. The second-order valence-electron chi connectivity index (χ2n) is 6.97. The van der Waals surface area contributed by atoms with E-state index in [-0.39, 0.29) is 16.8 Å². The van der Waals surface area contributed by atoms with Gasteiger partial charge in [-0.15, -0.1) is 5.10 Å². The molecule has 31 heavy (non-hydrogen) atoms. The summed E-state index contributed by atoms with van der Waals surface area (Å²) >= 11 is 0. The highest BCUT2D eigenvalue weighted by Crippen LogP contribution is 2.24. The first kappa shape index (κ1) is 18.5. The zero-order valence-electron chi connectivity index (χ0n) is 16.2. The summed E-state index contributed by atoms with van der Waals surface area (Å²) in [4.78, 5) is 28.9. The molecule has 0 fully saturated rings. The van der Waals surface area contributed by atoms with Gasteiger partial charge in [-0.2, -0.15) is 0 Å². The van der Waals surface area contributed by atoms with Crippen molar-refractivity contribution >= 4 is 44.5 Å². The lowest BCUT2D eigenvalue weighted by Crippen LogP contribution is -2.27. The van der Waals surface area contributed by atoms with E-state index in [9.17, 15) is 9.59 Å². The Labute approximate surface area is 175 Å². The number of nitrogens with one attached hydrogen (secondary N) is 1. The minimum atomic E-state index is -0.713. The van der Waals surface area contributed by atoms with Gasteiger partial charge < -0.3 is 10.2 Å². The number of hydrogen-bond acceptors (Lipinski definition) is 5. The van der Waals surface area contributed by atoms with Crippen molar-refractivity contribution in [3.63, 3.8) is 0 Å². The Morgan fingerprint density at radius 2 is 1.61 bits per heavy atom. The molecule has 0 saturated heterocycles. The second-order valence-corrected chi connectivity index (χ2v) is 6.97. The second kappa shape index (κ2) is 7.38. The average Bonchev–Trinajstić information content (AvgIpc) is 2.81. The number of nitrogens with two attached hydrogens (primary N) is 1. The molecule has 0 unspecified atom stereocenters. The number of hydrogen-bond donors (Lipinski definition) is 2. The van der Waals surface area contributed by atoms with Gasteiger partial charge >= 0.3 is 0 Å². The third-order valence-electron chi connectivity index (χ3n) is 5.01. The summed E-state index contributed by atoms with van der Waals surface area (Å²) in [5, 5.41) is 7.58. The monoisotopic (exact) mass is 408 g/mol. The quantitative estimate of drug-likeness (QED) is 0.352. The molecule has 0 saturated carbocycles. The highest BCUT2D eigenvalue weighted by Gasteiger charge is 2.13. The summed E-state index contributed by atoms with van der Waals surface area (Å²) in [6.07, 6.45) is 0. The van der Waals surface area contributed by atoms with Crippen molar-refractivity contribution in [1.82, 2.24) is 10.4 Å². The van der Waals surface area contributed by atoms with E-state index in [4.69, 9.17) is 10.2 Å². The molecular weight excluding hydrogens is 392 g/mol. The van der Waals surface area contributed by atoms with Crippen LogP contribution >= 0.6 is 0 Å². The molecule has 5 aromatic rings. The Hall–Kier alpha value is -4.52. The standard InChI is InChI=1S/C24H16N4O3/c25-22(29)18-13-17-16-7-3-1-5-14(16)10-12-21(17)31-24(18)28-27-23(30)20-11-9-15-6-2-4-8-19(15)26-20/h1-13H,(H2,25,29)(H,27,30)/b28-24-. The van der Waals surface area contributed by atoms with E-state index >= 15 is 0 Å². The molecule has 0 radical (unpaired) electrons. The number of carbonyl (C=O) groups excluding carboxylic acids is 2. The van der Waals surface area contributed by atoms with Gasteiger partial charge in [0.15, 0.2) is 0 Å². The average molecular weight is 408 g/mol. The molecule has 2 aromatic heterocycles. The summed E-state index contributed by atoms with van der Waals surface area (Å²) in [6.45, 7) is 0. The minimum Gasteiger partial charge on any atom is -0.436 e. The van der Waals surface area contributed by atoms with Crippen LogP contribution in [0.1, 0.15) is 20.8 Å². The SMILES string of the molecule is NC(=O)c1cc2c(ccc3ccccc32)o/c1=N\NC(=O)c1ccc2ccccc2n1. The van der Waals surface area contributed by atoms with E-state index < -0.39 is 11.8 Å². The Morgan fingerprint density at radius 3 is 2.45 bits per heavy atom. The summed E-state index contributed by atoms with van der Waals surface area (Å²) in [7, 11) is 0. The van der Waals surface area contributed by atoms with Crippen molar-refractivity contribution in [2.75, 3.05) is 0 Å². The molecule has 0 bridgehead atoms. The van der Waals surface area contributed by atoms with Crippen LogP contribution in [0.4, 0.5) is 0 Å². The molecule has 7 nitrogen and oxygen atoms in total. The molecular formula is C24H16N4O3. The van der Waals surface area contributed by atoms with Crippen LogP contribution in [0.3, 0.4) is 0 Å². The summed E-state index contributed by atoms with van der Waals surface area (Å²) in [6, 6.07) is 23.9.